The van der Waals surface area contributed by atoms with Crippen LogP contribution in [0, 0.1) is 0 Å². The molecule has 1 N–H and O–H groups in total. The maximum atomic E-state index is 12.0. The van der Waals surface area contributed by atoms with E-state index in [2.05, 4.69) is 5.32 Å². The Labute approximate surface area is 118 Å². The van der Waals surface area contributed by atoms with Crippen LogP contribution in [-0.4, -0.2) is 59.1 Å². The molecule has 0 aromatic carbocycles. The number of imide groups is 1. The minimum Gasteiger partial charge on any atom is -0.439 e. The molecule has 2 saturated heterocycles. The maximum Gasteiger partial charge on any atom is 0.417 e. The van der Waals surface area contributed by atoms with Gasteiger partial charge >= 0.3 is 12.1 Å². The minimum absolute atomic E-state index is 0.105. The standard InChI is InChI=1S/C13H21N3O4/c1-13(2,3)14-11(18)15-6-4-9(5-7-15)16-10(17)8-20-12(16)19/h9H,4-8H2,1-3H3,(H,14,18). The molecule has 0 atom stereocenters. The number of nitrogens with zero attached hydrogens (tertiary/aromatic N) is 2. The first kappa shape index (κ1) is 14.6. The van der Waals surface area contributed by atoms with Gasteiger partial charge in [-0.2, -0.15) is 0 Å². The van der Waals surface area contributed by atoms with Crippen LogP contribution in [0.25, 0.3) is 0 Å². The molecule has 4 amide bonds. The Kier molecular flexibility index (Phi) is 3.87. The largest absolute Gasteiger partial charge is 0.439 e. The van der Waals surface area contributed by atoms with E-state index in [1.54, 1.807) is 4.90 Å². The quantitative estimate of drug-likeness (QED) is 0.776. The molecule has 7 nitrogen and oxygen atoms in total. The number of rotatable bonds is 1. The third-order valence-corrected chi connectivity index (χ3v) is 3.38. The molecule has 0 aromatic rings. The predicted octanol–water partition coefficient (Wildman–Crippen LogP) is 0.938. The summed E-state index contributed by atoms with van der Waals surface area (Å²) in [5, 5.41) is 2.91. The lowest BCUT2D eigenvalue weighted by atomic mass is 10.0. The maximum absolute atomic E-state index is 12.0. The van der Waals surface area contributed by atoms with Gasteiger partial charge in [0.1, 0.15) is 0 Å². The highest BCUT2D eigenvalue weighted by molar-refractivity contribution is 5.98. The number of hydrogen-bond donors (Lipinski definition) is 1. The van der Waals surface area contributed by atoms with Gasteiger partial charge in [0.05, 0.1) is 0 Å². The molecule has 2 fully saturated rings. The van der Waals surface area contributed by atoms with E-state index in [4.69, 9.17) is 4.74 Å². The Morgan fingerprint density at radius 1 is 1.25 bits per heavy atom. The summed E-state index contributed by atoms with van der Waals surface area (Å²) in [6, 6.07) is -0.262. The Bertz CT molecular complexity index is 406. The normalized spacial score (nSPS) is 21.1. The van der Waals surface area contributed by atoms with Gasteiger partial charge in [-0.3, -0.25) is 4.79 Å². The average molecular weight is 283 g/mol. The highest BCUT2D eigenvalue weighted by Gasteiger charge is 2.39. The molecular formula is C13H21N3O4. The monoisotopic (exact) mass is 283 g/mol. The van der Waals surface area contributed by atoms with E-state index >= 15 is 0 Å². The van der Waals surface area contributed by atoms with E-state index in [1.807, 2.05) is 20.8 Å². The summed E-state index contributed by atoms with van der Waals surface area (Å²) in [6.45, 7) is 6.68. The summed E-state index contributed by atoms with van der Waals surface area (Å²) in [5.41, 5.74) is -0.275. The van der Waals surface area contributed by atoms with Crippen LogP contribution in [0.3, 0.4) is 0 Å². The molecule has 0 aromatic heterocycles. The van der Waals surface area contributed by atoms with E-state index in [1.165, 1.54) is 4.90 Å². The fraction of sp³-hybridized carbons (Fsp3) is 0.769. The first-order valence-electron chi connectivity index (χ1n) is 6.84. The van der Waals surface area contributed by atoms with E-state index in [9.17, 15) is 14.4 Å². The summed E-state index contributed by atoms with van der Waals surface area (Å²) in [4.78, 5) is 38.0. The predicted molar refractivity (Wildman–Crippen MR) is 71.1 cm³/mol. The zero-order valence-corrected chi connectivity index (χ0v) is 12.1. The second-order valence-corrected chi connectivity index (χ2v) is 6.22. The third kappa shape index (κ3) is 3.20. The van der Waals surface area contributed by atoms with Crippen molar-refractivity contribution < 1.29 is 19.1 Å². The van der Waals surface area contributed by atoms with Gasteiger partial charge in [-0.05, 0) is 33.6 Å². The molecule has 2 heterocycles. The molecular weight excluding hydrogens is 262 g/mol. The van der Waals surface area contributed by atoms with Gasteiger partial charge in [0.25, 0.3) is 5.91 Å². The number of piperidine rings is 1. The average Bonchev–Trinajstić information content (AvgIpc) is 2.67. The molecule has 0 spiro atoms. The molecule has 2 aliphatic rings. The molecule has 0 saturated carbocycles. The number of ether oxygens (including phenoxy) is 1. The molecule has 2 aliphatic heterocycles. The number of likely N-dealkylation sites (tertiary alicyclic amines) is 1. The fourth-order valence-corrected chi connectivity index (χ4v) is 2.44. The topological polar surface area (TPSA) is 79.0 Å². The van der Waals surface area contributed by atoms with Crippen LogP contribution in [0.4, 0.5) is 9.59 Å². The third-order valence-electron chi connectivity index (χ3n) is 3.38. The summed E-state index contributed by atoms with van der Waals surface area (Å²) in [5.74, 6) is -0.285. The van der Waals surface area contributed by atoms with Gasteiger partial charge in [0.2, 0.25) is 0 Å². The van der Waals surface area contributed by atoms with Crippen molar-refractivity contribution in [1.82, 2.24) is 15.1 Å². The molecule has 0 radical (unpaired) electrons. The van der Waals surface area contributed by atoms with Crippen LogP contribution in [0.2, 0.25) is 0 Å². The number of cyclic esters (lactones) is 1. The summed E-state index contributed by atoms with van der Waals surface area (Å²) < 4.78 is 4.72. The van der Waals surface area contributed by atoms with Crippen molar-refractivity contribution in [3.63, 3.8) is 0 Å². The van der Waals surface area contributed by atoms with Gasteiger partial charge in [0.15, 0.2) is 6.61 Å². The Morgan fingerprint density at radius 3 is 2.30 bits per heavy atom. The molecule has 7 heteroatoms. The zero-order chi connectivity index (χ0) is 14.9. The number of amides is 4. The zero-order valence-electron chi connectivity index (χ0n) is 12.1. The van der Waals surface area contributed by atoms with Crippen molar-refractivity contribution in [2.75, 3.05) is 19.7 Å². The van der Waals surface area contributed by atoms with Crippen LogP contribution < -0.4 is 5.32 Å². The molecule has 0 unspecified atom stereocenters. The second-order valence-electron chi connectivity index (χ2n) is 6.22. The van der Waals surface area contributed by atoms with Crippen LogP contribution in [0.5, 0.6) is 0 Å². The van der Waals surface area contributed by atoms with Crippen molar-refractivity contribution in [2.45, 2.75) is 45.2 Å². The number of hydrogen-bond acceptors (Lipinski definition) is 4. The SMILES string of the molecule is CC(C)(C)NC(=O)N1CCC(N2C(=O)COC2=O)CC1. The second kappa shape index (κ2) is 5.30. The summed E-state index contributed by atoms with van der Waals surface area (Å²) >= 11 is 0. The molecule has 2 rings (SSSR count). The van der Waals surface area contributed by atoms with Crippen LogP contribution >= 0.6 is 0 Å². The lowest BCUT2D eigenvalue weighted by Gasteiger charge is -2.36. The number of urea groups is 1. The van der Waals surface area contributed by atoms with Gasteiger partial charge in [0, 0.05) is 24.7 Å². The van der Waals surface area contributed by atoms with Gasteiger partial charge in [-0.25, -0.2) is 14.5 Å². The molecule has 20 heavy (non-hydrogen) atoms. The Morgan fingerprint density at radius 2 is 1.85 bits per heavy atom. The first-order chi connectivity index (χ1) is 9.28. The van der Waals surface area contributed by atoms with E-state index < -0.39 is 6.09 Å². The van der Waals surface area contributed by atoms with Crippen molar-refractivity contribution >= 4 is 18.0 Å². The molecule has 0 bridgehead atoms. The Balaban J connectivity index is 1.88. The smallest absolute Gasteiger partial charge is 0.417 e. The summed E-state index contributed by atoms with van der Waals surface area (Å²) in [7, 11) is 0. The van der Waals surface area contributed by atoms with Crippen molar-refractivity contribution in [2.24, 2.45) is 0 Å². The number of carbonyl (C=O) groups is 3. The van der Waals surface area contributed by atoms with Crippen LogP contribution in [-0.2, 0) is 9.53 Å². The lowest BCUT2D eigenvalue weighted by Crippen LogP contribution is -2.53. The highest BCUT2D eigenvalue weighted by atomic mass is 16.6. The Hall–Kier alpha value is -1.79. The highest BCUT2D eigenvalue weighted by Crippen LogP contribution is 2.21. The molecule has 112 valence electrons. The molecule has 0 aliphatic carbocycles. The van der Waals surface area contributed by atoms with Crippen LogP contribution in [0.15, 0.2) is 0 Å². The van der Waals surface area contributed by atoms with Gasteiger partial charge < -0.3 is 15.0 Å². The summed E-state index contributed by atoms with van der Waals surface area (Å²) in [6.07, 6.45) is 0.629. The van der Waals surface area contributed by atoms with Crippen molar-refractivity contribution in [3.8, 4) is 0 Å². The van der Waals surface area contributed by atoms with Crippen molar-refractivity contribution in [3.05, 3.63) is 0 Å². The van der Waals surface area contributed by atoms with Gasteiger partial charge in [-0.15, -0.1) is 0 Å². The lowest BCUT2D eigenvalue weighted by molar-refractivity contribution is -0.127. The van der Waals surface area contributed by atoms with E-state index in [0.29, 0.717) is 25.9 Å². The minimum atomic E-state index is -0.562. The van der Waals surface area contributed by atoms with Crippen molar-refractivity contribution in [1.29, 1.82) is 0 Å². The van der Waals surface area contributed by atoms with E-state index in [0.717, 1.165) is 0 Å². The van der Waals surface area contributed by atoms with Gasteiger partial charge in [-0.1, -0.05) is 0 Å². The van der Waals surface area contributed by atoms with E-state index in [-0.39, 0.29) is 30.1 Å². The fourth-order valence-electron chi connectivity index (χ4n) is 2.44. The number of carbonyl (C=O) groups excluding carboxylic acids is 3. The first-order valence-corrected chi connectivity index (χ1v) is 6.84. The number of nitrogens with one attached hydrogen (secondary N) is 1. The van der Waals surface area contributed by atoms with Crippen LogP contribution in [0.1, 0.15) is 33.6 Å².